The van der Waals surface area contributed by atoms with Crippen LogP contribution in [0.2, 0.25) is 0 Å². The van der Waals surface area contributed by atoms with Crippen LogP contribution in [-0.2, 0) is 12.4 Å². The molecule has 14 rings (SSSR count). The molecule has 0 aliphatic heterocycles. The molecule has 0 N–H and O–H groups in total. The highest BCUT2D eigenvalue weighted by molar-refractivity contribution is 6.59. The van der Waals surface area contributed by atoms with Gasteiger partial charge in [-0.25, -0.2) is 0 Å². The van der Waals surface area contributed by atoms with Gasteiger partial charge in [-0.15, -0.1) is 0 Å². The molecule has 14 aromatic carbocycles. The summed E-state index contributed by atoms with van der Waals surface area (Å²) in [6.45, 7) is 0. The van der Waals surface area contributed by atoms with Crippen LogP contribution < -0.4 is 0 Å². The molecule has 0 radical (unpaired) electrons. The van der Waals surface area contributed by atoms with Gasteiger partial charge < -0.3 is 0 Å². The SMILES string of the molecule is FC(F)(F)c1ccc(-c2c3cccc4c5ccc6ccc7c(-c8ccc(C(F)(F)F)cc8)c8cccc9c%10ccc%11ccc2c2c%11c%10c%10c(c89)c7c6c5c%10c2c34)cc1. The highest BCUT2D eigenvalue weighted by atomic mass is 19.4. The van der Waals surface area contributed by atoms with E-state index in [1.807, 2.05) is 12.1 Å². The molecule has 0 nitrogen and oxygen atoms in total. The van der Waals surface area contributed by atoms with Gasteiger partial charge >= 0.3 is 12.4 Å². The van der Waals surface area contributed by atoms with Gasteiger partial charge in [0.1, 0.15) is 0 Å². The van der Waals surface area contributed by atoms with Crippen molar-refractivity contribution in [2.45, 2.75) is 12.4 Å². The predicted octanol–water partition coefficient (Wildman–Crippen LogP) is 16.4. The number of hydrogen-bond acceptors (Lipinski definition) is 0. The summed E-state index contributed by atoms with van der Waals surface area (Å²) < 4.78 is 83.0. The van der Waals surface area contributed by atoms with E-state index >= 15 is 0 Å². The first-order chi connectivity index (χ1) is 28.1. The lowest BCUT2D eigenvalue weighted by Gasteiger charge is -2.29. The Balaban J connectivity index is 1.28. The molecule has 58 heavy (non-hydrogen) atoms. The van der Waals surface area contributed by atoms with Crippen LogP contribution in [0.1, 0.15) is 11.1 Å². The smallest absolute Gasteiger partial charge is 0.166 e. The van der Waals surface area contributed by atoms with Crippen molar-refractivity contribution in [3.8, 4) is 22.3 Å². The minimum atomic E-state index is -4.45. The maximum absolute atomic E-state index is 13.8. The van der Waals surface area contributed by atoms with Crippen molar-refractivity contribution >= 4 is 118 Å². The Morgan fingerprint density at radius 3 is 0.914 bits per heavy atom. The highest BCUT2D eigenvalue weighted by Gasteiger charge is 2.34. The van der Waals surface area contributed by atoms with Crippen LogP contribution in [0.5, 0.6) is 0 Å². The molecule has 272 valence electrons. The van der Waals surface area contributed by atoms with Crippen LogP contribution in [0.15, 0.2) is 133 Å². The summed E-state index contributed by atoms with van der Waals surface area (Å²) in [6.07, 6.45) is -8.90. The van der Waals surface area contributed by atoms with Crippen LogP contribution in [-0.4, -0.2) is 0 Å². The third kappa shape index (κ3) is 3.46. The van der Waals surface area contributed by atoms with Gasteiger partial charge in [0.15, 0.2) is 0 Å². The second-order valence-corrected chi connectivity index (χ2v) is 16.0. The van der Waals surface area contributed by atoms with Crippen molar-refractivity contribution in [1.29, 1.82) is 0 Å². The molecule has 0 bridgehead atoms. The van der Waals surface area contributed by atoms with Gasteiger partial charge in [-0.3, -0.25) is 0 Å². The maximum Gasteiger partial charge on any atom is 0.416 e. The largest absolute Gasteiger partial charge is 0.416 e. The molecular weight excluding hydrogens is 739 g/mol. The summed E-state index contributed by atoms with van der Waals surface area (Å²) in [4.78, 5) is 0. The molecule has 0 aliphatic carbocycles. The lowest BCUT2D eigenvalue weighted by Crippen LogP contribution is -2.04. The summed E-state index contributed by atoms with van der Waals surface area (Å²) in [5.74, 6) is 0. The van der Waals surface area contributed by atoms with E-state index in [0.29, 0.717) is 0 Å². The lowest BCUT2D eigenvalue weighted by molar-refractivity contribution is -0.138. The van der Waals surface area contributed by atoms with Crippen molar-refractivity contribution in [1.82, 2.24) is 0 Å². The molecule has 0 fully saturated rings. The van der Waals surface area contributed by atoms with E-state index in [9.17, 15) is 26.3 Å². The molecule has 14 aromatic rings. The molecule has 0 amide bonds. The van der Waals surface area contributed by atoms with Crippen molar-refractivity contribution in [3.63, 3.8) is 0 Å². The Bertz CT molecular complexity index is 3740. The van der Waals surface area contributed by atoms with Crippen molar-refractivity contribution in [3.05, 3.63) is 145 Å². The molecule has 0 unspecified atom stereocenters. The second-order valence-electron chi connectivity index (χ2n) is 16.0. The van der Waals surface area contributed by atoms with Gasteiger partial charge in [0.05, 0.1) is 11.1 Å². The molecule has 0 saturated carbocycles. The third-order valence-corrected chi connectivity index (χ3v) is 13.4. The average molecular weight is 761 g/mol. The quantitative estimate of drug-likeness (QED) is 0.0935. The maximum atomic E-state index is 13.8. The van der Waals surface area contributed by atoms with Crippen molar-refractivity contribution in [2.24, 2.45) is 0 Å². The number of alkyl halides is 6. The zero-order valence-corrected chi connectivity index (χ0v) is 30.0. The van der Waals surface area contributed by atoms with Crippen LogP contribution in [0.3, 0.4) is 0 Å². The van der Waals surface area contributed by atoms with Gasteiger partial charge in [-0.1, -0.05) is 109 Å². The van der Waals surface area contributed by atoms with Gasteiger partial charge in [0.25, 0.3) is 0 Å². The van der Waals surface area contributed by atoms with Crippen LogP contribution in [0, 0.1) is 0 Å². The van der Waals surface area contributed by atoms with Crippen LogP contribution in [0.4, 0.5) is 26.3 Å². The van der Waals surface area contributed by atoms with Crippen molar-refractivity contribution < 1.29 is 26.3 Å². The first-order valence-electron chi connectivity index (χ1n) is 19.2. The lowest BCUT2D eigenvalue weighted by atomic mass is 9.73. The molecule has 6 heteroatoms. The Morgan fingerprint density at radius 1 is 0.241 bits per heavy atom. The summed E-state index contributed by atoms with van der Waals surface area (Å²) in [6, 6.07) is 41.1. The Labute approximate surface area is 323 Å². The standard InChI is InChI=1S/C52H22F6/c53-51(54,55)27-15-7-23(8-16-27)37-33-5-1-3-29-31-19-11-25-14-22-36-38(24-9-17-28(18-10-24)52(56,57)58)34-6-2-4-30-32-20-12-26-13-21-35(37)45-40(26)44(32)50-48(42(30)34)46(36)39(25)43(31)49(50)47(45)41(29)33/h1-22H. The van der Waals surface area contributed by atoms with Gasteiger partial charge in [0.2, 0.25) is 0 Å². The summed E-state index contributed by atoms with van der Waals surface area (Å²) in [5, 5.41) is 24.1. The van der Waals surface area contributed by atoms with E-state index < -0.39 is 23.5 Å². The summed E-state index contributed by atoms with van der Waals surface area (Å²) in [7, 11) is 0. The number of fused-ring (bicyclic) bond motifs is 2. The number of benzene rings is 14. The van der Waals surface area contributed by atoms with E-state index in [1.54, 1.807) is 24.3 Å². The molecule has 0 saturated heterocycles. The average Bonchev–Trinajstić information content (AvgIpc) is 3.23. The van der Waals surface area contributed by atoms with Crippen LogP contribution >= 0.6 is 0 Å². The van der Waals surface area contributed by atoms with E-state index in [-0.39, 0.29) is 0 Å². The molecule has 0 spiro atoms. The molecular formula is C52H22F6. The van der Waals surface area contributed by atoms with Gasteiger partial charge in [-0.2, -0.15) is 26.3 Å². The predicted molar refractivity (Wildman–Crippen MR) is 227 cm³/mol. The highest BCUT2D eigenvalue weighted by Crippen LogP contribution is 2.60. The first-order valence-corrected chi connectivity index (χ1v) is 19.2. The number of rotatable bonds is 2. The zero-order chi connectivity index (χ0) is 38.7. The van der Waals surface area contributed by atoms with Gasteiger partial charge in [0, 0.05) is 0 Å². The zero-order valence-electron chi connectivity index (χ0n) is 30.0. The fourth-order valence-electron chi connectivity index (χ4n) is 11.3. The Hall–Kier alpha value is -6.92. The minimum absolute atomic E-state index is 0.682. The van der Waals surface area contributed by atoms with Crippen molar-refractivity contribution in [2.75, 3.05) is 0 Å². The normalized spacial score (nSPS) is 13.7. The summed E-state index contributed by atoms with van der Waals surface area (Å²) in [5.41, 5.74) is 1.91. The second kappa shape index (κ2) is 9.78. The first kappa shape index (κ1) is 31.2. The molecule has 0 atom stereocenters. The molecule has 0 heterocycles. The van der Waals surface area contributed by atoms with Crippen LogP contribution in [0.25, 0.3) is 141 Å². The monoisotopic (exact) mass is 760 g/mol. The minimum Gasteiger partial charge on any atom is -0.166 e. The molecule has 0 aliphatic rings. The van der Waals surface area contributed by atoms with E-state index in [0.717, 1.165) is 130 Å². The third-order valence-electron chi connectivity index (χ3n) is 13.4. The van der Waals surface area contributed by atoms with E-state index in [4.69, 9.17) is 0 Å². The Kier molecular flexibility index (Phi) is 5.26. The van der Waals surface area contributed by atoms with E-state index in [2.05, 4.69) is 72.8 Å². The fourth-order valence-corrected chi connectivity index (χ4v) is 11.3. The number of halogens is 6. The van der Waals surface area contributed by atoms with E-state index in [1.165, 1.54) is 35.0 Å². The summed E-state index contributed by atoms with van der Waals surface area (Å²) >= 11 is 0. The fraction of sp³-hybridized carbons (Fsp3) is 0.0385. The topological polar surface area (TPSA) is 0 Å². The Morgan fingerprint density at radius 2 is 0.534 bits per heavy atom. The number of hydrogen-bond donors (Lipinski definition) is 0. The van der Waals surface area contributed by atoms with Gasteiger partial charge in [-0.05, 0) is 165 Å². The molecule has 0 aromatic heterocycles.